The average Bonchev–Trinajstić information content (AvgIpc) is 3.42. The number of hydrogen-bond donors (Lipinski definition) is 2. The van der Waals surface area contributed by atoms with Gasteiger partial charge in [-0.05, 0) is 38.2 Å². The van der Waals surface area contributed by atoms with Crippen LogP contribution in [0, 0.1) is 5.92 Å². The Labute approximate surface area is 185 Å². The molecule has 7 nitrogen and oxygen atoms in total. The van der Waals surface area contributed by atoms with Crippen molar-refractivity contribution in [2.45, 2.75) is 32.7 Å². The number of rotatable bonds is 9. The summed E-state index contributed by atoms with van der Waals surface area (Å²) in [5.74, 6) is 2.55. The lowest BCUT2D eigenvalue weighted by atomic mass is 10.2. The van der Waals surface area contributed by atoms with Gasteiger partial charge in [0.25, 0.3) is 0 Å². The van der Waals surface area contributed by atoms with E-state index in [1.165, 1.54) is 12.8 Å². The van der Waals surface area contributed by atoms with Crippen molar-refractivity contribution >= 4 is 40.0 Å². The van der Waals surface area contributed by atoms with Crippen molar-refractivity contribution in [1.82, 2.24) is 14.9 Å². The summed E-state index contributed by atoms with van der Waals surface area (Å²) in [7, 11) is -3.05. The number of halogens is 1. The van der Waals surface area contributed by atoms with Crippen LogP contribution in [-0.2, 0) is 16.6 Å². The molecule has 2 fully saturated rings. The van der Waals surface area contributed by atoms with Gasteiger partial charge in [0.1, 0.15) is 5.75 Å². The molecule has 0 aromatic heterocycles. The van der Waals surface area contributed by atoms with Crippen LogP contribution in [-0.4, -0.2) is 57.2 Å². The third-order valence-corrected chi connectivity index (χ3v) is 6.71. The quantitative estimate of drug-likeness (QED) is 0.295. The zero-order valence-electron chi connectivity index (χ0n) is 16.4. The number of nitrogens with one attached hydrogen (secondary N) is 2. The highest BCUT2D eigenvalue weighted by Crippen LogP contribution is 2.30. The van der Waals surface area contributed by atoms with Gasteiger partial charge in [0.15, 0.2) is 5.96 Å². The predicted octanol–water partition coefficient (Wildman–Crippen LogP) is 2.18. The number of para-hydroxylation sites is 1. The molecule has 0 atom stereocenters. The first-order valence-corrected chi connectivity index (χ1v) is 11.4. The van der Waals surface area contributed by atoms with Crippen molar-refractivity contribution in [2.24, 2.45) is 10.9 Å². The van der Waals surface area contributed by atoms with Gasteiger partial charge in [0.05, 0.1) is 18.9 Å². The first-order valence-electron chi connectivity index (χ1n) is 9.79. The van der Waals surface area contributed by atoms with Gasteiger partial charge in [-0.2, -0.15) is 0 Å². The molecule has 1 aliphatic carbocycles. The maximum atomic E-state index is 11.9. The summed E-state index contributed by atoms with van der Waals surface area (Å²) in [5.41, 5.74) is 1.05. The van der Waals surface area contributed by atoms with Crippen LogP contribution in [0.3, 0.4) is 0 Å². The lowest BCUT2D eigenvalue weighted by molar-refractivity contribution is 0.297. The number of aliphatic imine (C=N–C) groups is 1. The minimum absolute atomic E-state index is 0. The fourth-order valence-corrected chi connectivity index (χ4v) is 4.54. The van der Waals surface area contributed by atoms with E-state index in [1.54, 1.807) is 4.31 Å². The SMILES string of the molecule is CCNC(=NCc1ccccc1OCC1CC1)NCCN1CCCS1(=O)=O.I. The summed E-state index contributed by atoms with van der Waals surface area (Å²) in [4.78, 5) is 4.63. The Bertz CT molecular complexity index is 753. The Hall–Kier alpha value is -1.07. The van der Waals surface area contributed by atoms with Crippen LogP contribution in [0.15, 0.2) is 29.3 Å². The third kappa shape index (κ3) is 7.07. The molecule has 2 aliphatic rings. The smallest absolute Gasteiger partial charge is 0.214 e. The molecule has 158 valence electrons. The number of sulfonamides is 1. The second-order valence-corrected chi connectivity index (χ2v) is 9.14. The normalized spacial score (nSPS) is 19.1. The molecule has 1 saturated carbocycles. The Morgan fingerprint density at radius 1 is 1.29 bits per heavy atom. The predicted molar refractivity (Wildman–Crippen MR) is 123 cm³/mol. The standard InChI is InChI=1S/C19H30N4O3S.HI/c1-2-20-19(21-10-12-23-11-5-13-27(23,24)25)22-14-17-6-3-4-7-18(17)26-15-16-8-9-16;/h3-4,6-7,16H,2,5,8-15H2,1H3,(H2,20,21,22);1H. The Kier molecular flexibility index (Phi) is 9.29. The summed E-state index contributed by atoms with van der Waals surface area (Å²) in [6.07, 6.45) is 3.25. The number of benzene rings is 1. The van der Waals surface area contributed by atoms with E-state index in [9.17, 15) is 8.42 Å². The van der Waals surface area contributed by atoms with Crippen molar-refractivity contribution in [2.75, 3.05) is 38.5 Å². The van der Waals surface area contributed by atoms with E-state index in [0.29, 0.717) is 44.5 Å². The van der Waals surface area contributed by atoms with Crippen LogP contribution in [0.5, 0.6) is 5.75 Å². The van der Waals surface area contributed by atoms with E-state index in [4.69, 9.17) is 4.74 Å². The molecule has 0 amide bonds. The molecule has 0 radical (unpaired) electrons. The largest absolute Gasteiger partial charge is 0.493 e. The zero-order chi connectivity index (χ0) is 19.1. The molecule has 1 aromatic rings. The summed E-state index contributed by atoms with van der Waals surface area (Å²) in [6, 6.07) is 8.00. The zero-order valence-corrected chi connectivity index (χ0v) is 19.5. The molecule has 9 heteroatoms. The highest BCUT2D eigenvalue weighted by Gasteiger charge is 2.27. The van der Waals surface area contributed by atoms with E-state index < -0.39 is 10.0 Å². The Morgan fingerprint density at radius 2 is 2.07 bits per heavy atom. The number of guanidine groups is 1. The van der Waals surface area contributed by atoms with Crippen molar-refractivity contribution in [3.05, 3.63) is 29.8 Å². The second kappa shape index (κ2) is 11.2. The molecule has 1 aliphatic heterocycles. The van der Waals surface area contributed by atoms with Crippen molar-refractivity contribution in [3.63, 3.8) is 0 Å². The van der Waals surface area contributed by atoms with Gasteiger partial charge in [-0.3, -0.25) is 0 Å². The van der Waals surface area contributed by atoms with E-state index >= 15 is 0 Å². The van der Waals surface area contributed by atoms with Crippen LogP contribution in [0.4, 0.5) is 0 Å². The van der Waals surface area contributed by atoms with Gasteiger partial charge >= 0.3 is 0 Å². The molecule has 3 rings (SSSR count). The summed E-state index contributed by atoms with van der Waals surface area (Å²) in [6.45, 7) is 5.66. The van der Waals surface area contributed by atoms with Crippen LogP contribution >= 0.6 is 24.0 Å². The topological polar surface area (TPSA) is 83.0 Å². The lowest BCUT2D eigenvalue weighted by Crippen LogP contribution is -2.42. The molecule has 0 unspecified atom stereocenters. The minimum Gasteiger partial charge on any atom is -0.493 e. The van der Waals surface area contributed by atoms with Crippen molar-refractivity contribution in [3.8, 4) is 5.75 Å². The Morgan fingerprint density at radius 3 is 2.75 bits per heavy atom. The fraction of sp³-hybridized carbons (Fsp3) is 0.632. The molecule has 2 N–H and O–H groups in total. The van der Waals surface area contributed by atoms with E-state index in [1.807, 2.05) is 31.2 Å². The van der Waals surface area contributed by atoms with E-state index in [0.717, 1.165) is 24.5 Å². The van der Waals surface area contributed by atoms with Crippen LogP contribution in [0.25, 0.3) is 0 Å². The molecule has 28 heavy (non-hydrogen) atoms. The first kappa shape index (κ1) is 23.2. The molecule has 1 saturated heterocycles. The monoisotopic (exact) mass is 522 g/mol. The molecular formula is C19H31IN4O3S. The third-order valence-electron chi connectivity index (χ3n) is 4.75. The maximum absolute atomic E-state index is 11.9. The maximum Gasteiger partial charge on any atom is 0.214 e. The lowest BCUT2D eigenvalue weighted by Gasteiger charge is -2.16. The van der Waals surface area contributed by atoms with Gasteiger partial charge in [-0.1, -0.05) is 18.2 Å². The molecule has 0 bridgehead atoms. The van der Waals surface area contributed by atoms with Gasteiger partial charge in [0, 0.05) is 31.7 Å². The van der Waals surface area contributed by atoms with Gasteiger partial charge in [0.2, 0.25) is 10.0 Å². The summed E-state index contributed by atoms with van der Waals surface area (Å²) >= 11 is 0. The number of ether oxygens (including phenoxy) is 1. The van der Waals surface area contributed by atoms with Gasteiger partial charge < -0.3 is 15.4 Å². The van der Waals surface area contributed by atoms with Crippen LogP contribution in [0.1, 0.15) is 31.7 Å². The number of hydrogen-bond acceptors (Lipinski definition) is 4. The molecular weight excluding hydrogens is 491 g/mol. The highest BCUT2D eigenvalue weighted by molar-refractivity contribution is 14.0. The van der Waals surface area contributed by atoms with Crippen LogP contribution in [0.2, 0.25) is 0 Å². The van der Waals surface area contributed by atoms with Gasteiger partial charge in [-0.15, -0.1) is 24.0 Å². The second-order valence-electron chi connectivity index (χ2n) is 7.05. The summed E-state index contributed by atoms with van der Waals surface area (Å²) < 4.78 is 31.2. The average molecular weight is 522 g/mol. The molecule has 0 spiro atoms. The minimum atomic E-state index is -3.05. The Balaban J connectivity index is 0.00000280. The molecule has 1 aromatic carbocycles. The number of nitrogens with zero attached hydrogens (tertiary/aromatic N) is 2. The van der Waals surface area contributed by atoms with Crippen LogP contribution < -0.4 is 15.4 Å². The highest BCUT2D eigenvalue weighted by atomic mass is 127. The van der Waals surface area contributed by atoms with Crippen molar-refractivity contribution < 1.29 is 13.2 Å². The molecule has 1 heterocycles. The first-order chi connectivity index (χ1) is 13.1. The van der Waals surface area contributed by atoms with E-state index in [2.05, 4.69) is 15.6 Å². The van der Waals surface area contributed by atoms with Gasteiger partial charge in [-0.25, -0.2) is 17.7 Å². The summed E-state index contributed by atoms with van der Waals surface area (Å²) in [5, 5.41) is 6.44. The van der Waals surface area contributed by atoms with E-state index in [-0.39, 0.29) is 29.7 Å². The fourth-order valence-electron chi connectivity index (χ4n) is 3.01. The van der Waals surface area contributed by atoms with Crippen molar-refractivity contribution in [1.29, 1.82) is 0 Å².